The van der Waals surface area contributed by atoms with E-state index in [0.717, 1.165) is 22.8 Å². The van der Waals surface area contributed by atoms with Crippen molar-refractivity contribution in [1.82, 2.24) is 10.3 Å². The van der Waals surface area contributed by atoms with E-state index in [1.54, 1.807) is 17.4 Å². The standard InChI is InChI=1S/C16H21FN2OS/c1-5-18-11(3)13-6-7-15(14(17)8-13)20-9-16-19-10(2)12(4)21-16/h6-8,11,18H,5,9H2,1-4H3. The van der Waals surface area contributed by atoms with Gasteiger partial charge in [-0.1, -0.05) is 13.0 Å². The smallest absolute Gasteiger partial charge is 0.165 e. The molecule has 1 atom stereocenters. The van der Waals surface area contributed by atoms with E-state index in [1.807, 2.05) is 33.8 Å². The van der Waals surface area contributed by atoms with E-state index in [9.17, 15) is 4.39 Å². The average molecular weight is 308 g/mol. The predicted octanol–water partition coefficient (Wildman–Crippen LogP) is 4.15. The molecule has 114 valence electrons. The van der Waals surface area contributed by atoms with Gasteiger partial charge in [0.15, 0.2) is 11.6 Å². The number of thiazole rings is 1. The van der Waals surface area contributed by atoms with Gasteiger partial charge in [0.2, 0.25) is 0 Å². The first-order chi connectivity index (χ1) is 10.0. The van der Waals surface area contributed by atoms with Crippen molar-refractivity contribution < 1.29 is 9.13 Å². The molecule has 1 aromatic heterocycles. The molecule has 1 aromatic carbocycles. The van der Waals surface area contributed by atoms with Crippen molar-refractivity contribution in [3.05, 3.63) is 45.2 Å². The fraction of sp³-hybridized carbons (Fsp3) is 0.438. The second-order valence-corrected chi connectivity index (χ2v) is 6.29. The van der Waals surface area contributed by atoms with Gasteiger partial charge in [-0.25, -0.2) is 9.37 Å². The number of ether oxygens (including phenoxy) is 1. The quantitative estimate of drug-likeness (QED) is 0.870. The molecule has 0 radical (unpaired) electrons. The van der Waals surface area contributed by atoms with Crippen LogP contribution in [0.25, 0.3) is 0 Å². The molecular formula is C16H21FN2OS. The highest BCUT2D eigenvalue weighted by Gasteiger charge is 2.10. The molecular weight excluding hydrogens is 287 g/mol. The monoisotopic (exact) mass is 308 g/mol. The third-order valence-corrected chi connectivity index (χ3v) is 4.44. The highest BCUT2D eigenvalue weighted by Crippen LogP contribution is 2.24. The number of benzene rings is 1. The van der Waals surface area contributed by atoms with Crippen LogP contribution in [0.5, 0.6) is 5.75 Å². The van der Waals surface area contributed by atoms with Gasteiger partial charge in [-0.2, -0.15) is 0 Å². The third kappa shape index (κ3) is 4.02. The van der Waals surface area contributed by atoms with Crippen LogP contribution in [0.15, 0.2) is 18.2 Å². The second-order valence-electron chi connectivity index (χ2n) is 5.01. The van der Waals surface area contributed by atoms with Crippen molar-refractivity contribution >= 4 is 11.3 Å². The van der Waals surface area contributed by atoms with Crippen molar-refractivity contribution in [3.8, 4) is 5.75 Å². The number of nitrogens with one attached hydrogen (secondary N) is 1. The molecule has 0 bridgehead atoms. The first-order valence-electron chi connectivity index (χ1n) is 7.09. The molecule has 0 saturated carbocycles. The van der Waals surface area contributed by atoms with Gasteiger partial charge < -0.3 is 10.1 Å². The first kappa shape index (κ1) is 15.9. The molecule has 5 heteroatoms. The van der Waals surface area contributed by atoms with Crippen LogP contribution in [0.1, 0.15) is 41.0 Å². The zero-order valence-electron chi connectivity index (χ0n) is 12.9. The molecule has 2 aromatic rings. The van der Waals surface area contributed by atoms with Gasteiger partial charge >= 0.3 is 0 Å². The largest absolute Gasteiger partial charge is 0.483 e. The van der Waals surface area contributed by atoms with Crippen molar-refractivity contribution in [2.75, 3.05) is 6.54 Å². The molecule has 0 saturated heterocycles. The molecule has 1 N–H and O–H groups in total. The van der Waals surface area contributed by atoms with Crippen LogP contribution < -0.4 is 10.1 Å². The molecule has 0 aliphatic rings. The summed E-state index contributed by atoms with van der Waals surface area (Å²) in [6.07, 6.45) is 0. The molecule has 3 nitrogen and oxygen atoms in total. The topological polar surface area (TPSA) is 34.1 Å². The Morgan fingerprint density at radius 1 is 1.38 bits per heavy atom. The van der Waals surface area contributed by atoms with Gasteiger partial charge in [-0.3, -0.25) is 0 Å². The molecule has 21 heavy (non-hydrogen) atoms. The third-order valence-electron chi connectivity index (χ3n) is 3.39. The zero-order chi connectivity index (χ0) is 15.4. The number of halogens is 1. The lowest BCUT2D eigenvalue weighted by atomic mass is 10.1. The number of aryl methyl sites for hydroxylation is 2. The Bertz CT molecular complexity index is 593. The van der Waals surface area contributed by atoms with Crippen molar-refractivity contribution in [2.24, 2.45) is 0 Å². The summed E-state index contributed by atoms with van der Waals surface area (Å²) in [6, 6.07) is 5.24. The van der Waals surface area contributed by atoms with Crippen LogP contribution in [0.4, 0.5) is 4.39 Å². The minimum Gasteiger partial charge on any atom is -0.483 e. The zero-order valence-corrected chi connectivity index (χ0v) is 13.7. The number of nitrogens with zero attached hydrogens (tertiary/aromatic N) is 1. The van der Waals surface area contributed by atoms with Crippen molar-refractivity contribution in [1.29, 1.82) is 0 Å². The highest BCUT2D eigenvalue weighted by atomic mass is 32.1. The maximum atomic E-state index is 14.1. The summed E-state index contributed by atoms with van der Waals surface area (Å²) in [7, 11) is 0. The summed E-state index contributed by atoms with van der Waals surface area (Å²) in [5.41, 5.74) is 1.93. The molecule has 0 amide bonds. The lowest BCUT2D eigenvalue weighted by molar-refractivity contribution is 0.289. The van der Waals surface area contributed by atoms with Gasteiger partial charge in [0, 0.05) is 10.9 Å². The summed E-state index contributed by atoms with van der Waals surface area (Å²) in [6.45, 7) is 9.19. The summed E-state index contributed by atoms with van der Waals surface area (Å²) in [5.74, 6) is -0.0600. The summed E-state index contributed by atoms with van der Waals surface area (Å²) in [4.78, 5) is 5.56. The van der Waals surface area contributed by atoms with Crippen LogP contribution in [0, 0.1) is 19.7 Å². The predicted molar refractivity (Wildman–Crippen MR) is 84.4 cm³/mol. The second kappa shape index (κ2) is 7.00. The molecule has 2 rings (SSSR count). The van der Waals surface area contributed by atoms with Crippen molar-refractivity contribution in [3.63, 3.8) is 0 Å². The van der Waals surface area contributed by atoms with E-state index in [0.29, 0.717) is 6.61 Å². The van der Waals surface area contributed by atoms with Gasteiger partial charge in [0.05, 0.1) is 5.69 Å². The Labute approximate surface area is 129 Å². The number of rotatable bonds is 6. The van der Waals surface area contributed by atoms with Crippen LogP contribution >= 0.6 is 11.3 Å². The Morgan fingerprint density at radius 2 is 2.14 bits per heavy atom. The highest BCUT2D eigenvalue weighted by molar-refractivity contribution is 7.11. The van der Waals surface area contributed by atoms with E-state index in [-0.39, 0.29) is 17.6 Å². The molecule has 0 fully saturated rings. The van der Waals surface area contributed by atoms with Crippen LogP contribution in [0.2, 0.25) is 0 Å². The van der Waals surface area contributed by atoms with E-state index >= 15 is 0 Å². The van der Waals surface area contributed by atoms with Gasteiger partial charge in [0.1, 0.15) is 11.6 Å². The number of aromatic nitrogens is 1. The van der Waals surface area contributed by atoms with Crippen LogP contribution in [-0.2, 0) is 6.61 Å². The SMILES string of the molecule is CCNC(C)c1ccc(OCc2nc(C)c(C)s2)c(F)c1. The normalized spacial score (nSPS) is 12.4. The molecule has 0 aliphatic carbocycles. The van der Waals surface area contributed by atoms with Gasteiger partial charge in [-0.05, 0) is 45.0 Å². The first-order valence-corrected chi connectivity index (χ1v) is 7.91. The minimum atomic E-state index is -0.331. The van der Waals surface area contributed by atoms with Crippen LogP contribution in [-0.4, -0.2) is 11.5 Å². The van der Waals surface area contributed by atoms with Gasteiger partial charge in [0.25, 0.3) is 0 Å². The molecule has 1 heterocycles. The number of hydrogen-bond donors (Lipinski definition) is 1. The number of hydrogen-bond acceptors (Lipinski definition) is 4. The van der Waals surface area contributed by atoms with E-state index in [4.69, 9.17) is 4.74 Å². The Hall–Kier alpha value is -1.46. The summed E-state index contributed by atoms with van der Waals surface area (Å²) < 4.78 is 19.6. The fourth-order valence-corrected chi connectivity index (χ4v) is 2.92. The lowest BCUT2D eigenvalue weighted by Gasteiger charge is -2.14. The minimum absolute atomic E-state index is 0.128. The average Bonchev–Trinajstić information content (AvgIpc) is 2.76. The van der Waals surface area contributed by atoms with E-state index in [1.165, 1.54) is 10.9 Å². The Morgan fingerprint density at radius 3 is 2.71 bits per heavy atom. The Balaban J connectivity index is 2.04. The molecule has 0 aliphatic heterocycles. The van der Waals surface area contributed by atoms with Crippen LogP contribution in [0.3, 0.4) is 0 Å². The summed E-state index contributed by atoms with van der Waals surface area (Å²) >= 11 is 1.59. The summed E-state index contributed by atoms with van der Waals surface area (Å²) in [5, 5.41) is 4.13. The maximum Gasteiger partial charge on any atom is 0.165 e. The van der Waals surface area contributed by atoms with Gasteiger partial charge in [-0.15, -0.1) is 11.3 Å². The molecule has 0 spiro atoms. The van der Waals surface area contributed by atoms with E-state index in [2.05, 4.69) is 10.3 Å². The van der Waals surface area contributed by atoms with E-state index < -0.39 is 0 Å². The lowest BCUT2D eigenvalue weighted by Crippen LogP contribution is -2.17. The fourth-order valence-electron chi connectivity index (χ4n) is 2.07. The van der Waals surface area contributed by atoms with Crippen molar-refractivity contribution in [2.45, 2.75) is 40.3 Å². The molecule has 1 unspecified atom stereocenters. The maximum absolute atomic E-state index is 14.1. The Kier molecular flexibility index (Phi) is 5.31.